The van der Waals surface area contributed by atoms with Crippen LogP contribution in [-0.4, -0.2) is 15.6 Å². The highest BCUT2D eigenvalue weighted by molar-refractivity contribution is 6.33. The third kappa shape index (κ3) is 3.96. The third-order valence-electron chi connectivity index (χ3n) is 3.04. The molecule has 0 aliphatic heterocycles. The van der Waals surface area contributed by atoms with E-state index < -0.39 is 0 Å². The van der Waals surface area contributed by atoms with Gasteiger partial charge in [-0.3, -0.25) is 0 Å². The van der Waals surface area contributed by atoms with Crippen LogP contribution in [0.1, 0.15) is 24.6 Å². The molecule has 1 heterocycles. The van der Waals surface area contributed by atoms with Gasteiger partial charge < -0.3 is 10.3 Å². The number of nitrogens with zero attached hydrogens (tertiary/aromatic N) is 2. The van der Waals surface area contributed by atoms with Crippen LogP contribution in [0, 0.1) is 0 Å². The van der Waals surface area contributed by atoms with Gasteiger partial charge in [-0.15, -0.1) is 0 Å². The summed E-state index contributed by atoms with van der Waals surface area (Å²) < 4.78 is 2.00. The van der Waals surface area contributed by atoms with Gasteiger partial charge in [-0.25, -0.2) is 4.98 Å². The van der Waals surface area contributed by atoms with Gasteiger partial charge in [0, 0.05) is 28.7 Å². The van der Waals surface area contributed by atoms with Crippen molar-refractivity contribution in [3.8, 4) is 0 Å². The number of hydrogen-bond acceptors (Lipinski definition) is 2. The summed E-state index contributed by atoms with van der Waals surface area (Å²) >= 11 is 12.1. The molecular weight excluding hydrogens is 281 g/mol. The number of halogens is 2. The van der Waals surface area contributed by atoms with Crippen LogP contribution in [-0.2, 0) is 13.0 Å². The molecule has 0 radical (unpaired) electrons. The van der Waals surface area contributed by atoms with Gasteiger partial charge in [-0.05, 0) is 30.2 Å². The van der Waals surface area contributed by atoms with E-state index in [1.54, 1.807) is 12.4 Å². The minimum atomic E-state index is 0.165. The lowest BCUT2D eigenvalue weighted by atomic mass is 10.1. The molecule has 0 fully saturated rings. The average molecular weight is 298 g/mol. The van der Waals surface area contributed by atoms with Crippen molar-refractivity contribution in [3.05, 3.63) is 52.0 Å². The van der Waals surface area contributed by atoms with E-state index >= 15 is 0 Å². The molecule has 3 nitrogen and oxygen atoms in total. The maximum atomic E-state index is 6.15. The number of rotatable bonds is 5. The largest absolute Gasteiger partial charge is 0.333 e. The Bertz CT molecular complexity index is 551. The summed E-state index contributed by atoms with van der Waals surface area (Å²) in [5.74, 6) is 0. The molecule has 102 valence electrons. The Labute approximate surface area is 123 Å². The van der Waals surface area contributed by atoms with Crippen molar-refractivity contribution in [1.82, 2.24) is 9.55 Å². The predicted octanol–water partition coefficient (Wildman–Crippen LogP) is 3.52. The van der Waals surface area contributed by atoms with E-state index in [9.17, 15) is 0 Å². The number of aromatic nitrogens is 2. The first-order valence-corrected chi connectivity index (χ1v) is 7.04. The van der Waals surface area contributed by atoms with Gasteiger partial charge in [0.25, 0.3) is 0 Å². The van der Waals surface area contributed by atoms with E-state index in [1.807, 2.05) is 22.9 Å². The molecule has 5 heteroatoms. The maximum absolute atomic E-state index is 6.15. The highest BCUT2D eigenvalue weighted by Crippen LogP contribution is 2.21. The second kappa shape index (κ2) is 6.42. The van der Waals surface area contributed by atoms with Crippen LogP contribution < -0.4 is 5.73 Å². The molecule has 2 aromatic rings. The number of benzene rings is 1. The van der Waals surface area contributed by atoms with E-state index in [1.165, 1.54) is 0 Å². The Hall–Kier alpha value is -1.03. The molecule has 0 aliphatic rings. The van der Waals surface area contributed by atoms with E-state index in [-0.39, 0.29) is 6.04 Å². The van der Waals surface area contributed by atoms with Gasteiger partial charge in [-0.1, -0.05) is 30.1 Å². The molecule has 0 aliphatic carbocycles. The Balaban J connectivity index is 2.09. The average Bonchev–Trinajstić information content (AvgIpc) is 2.81. The fourth-order valence-corrected chi connectivity index (χ4v) is 2.24. The summed E-state index contributed by atoms with van der Waals surface area (Å²) in [6, 6.07) is 5.64. The van der Waals surface area contributed by atoms with Crippen molar-refractivity contribution < 1.29 is 0 Å². The van der Waals surface area contributed by atoms with Crippen molar-refractivity contribution in [2.45, 2.75) is 32.4 Å². The zero-order valence-corrected chi connectivity index (χ0v) is 12.3. The van der Waals surface area contributed by atoms with Crippen molar-refractivity contribution in [1.29, 1.82) is 0 Å². The van der Waals surface area contributed by atoms with Crippen LogP contribution in [0.5, 0.6) is 0 Å². The molecule has 0 spiro atoms. The van der Waals surface area contributed by atoms with Gasteiger partial charge in [0.2, 0.25) is 0 Å². The molecule has 0 saturated carbocycles. The van der Waals surface area contributed by atoms with E-state index in [0.29, 0.717) is 16.6 Å². The summed E-state index contributed by atoms with van der Waals surface area (Å²) in [6.07, 6.45) is 5.56. The van der Waals surface area contributed by atoms with Crippen molar-refractivity contribution >= 4 is 23.2 Å². The van der Waals surface area contributed by atoms with Gasteiger partial charge in [0.1, 0.15) is 0 Å². The van der Waals surface area contributed by atoms with Crippen LogP contribution in [0.15, 0.2) is 30.7 Å². The molecule has 2 rings (SSSR count). The van der Waals surface area contributed by atoms with Crippen molar-refractivity contribution in [3.63, 3.8) is 0 Å². The second-order valence-electron chi connectivity index (χ2n) is 4.65. The Morgan fingerprint density at radius 1 is 1.37 bits per heavy atom. The second-order valence-corrected chi connectivity index (χ2v) is 5.49. The summed E-state index contributed by atoms with van der Waals surface area (Å²) in [4.78, 5) is 4.36. The molecule has 1 atom stereocenters. The minimum absolute atomic E-state index is 0.165. The lowest BCUT2D eigenvalue weighted by molar-refractivity contribution is 0.638. The topological polar surface area (TPSA) is 43.8 Å². The maximum Gasteiger partial charge on any atom is 0.0952 e. The van der Waals surface area contributed by atoms with E-state index in [0.717, 1.165) is 24.1 Å². The highest BCUT2D eigenvalue weighted by atomic mass is 35.5. The van der Waals surface area contributed by atoms with Crippen LogP contribution in [0.25, 0.3) is 0 Å². The van der Waals surface area contributed by atoms with Crippen LogP contribution in [0.4, 0.5) is 0 Å². The monoisotopic (exact) mass is 297 g/mol. The Morgan fingerprint density at radius 2 is 2.16 bits per heavy atom. The standard InChI is InChI=1S/C14H17Cl2N3/c1-2-12(17)6-13-8-19(9-18-13)7-10-5-11(15)3-4-14(10)16/h3-5,8-9,12H,2,6-7,17H2,1H3. The molecule has 0 saturated heterocycles. The molecule has 1 aromatic heterocycles. The smallest absolute Gasteiger partial charge is 0.0952 e. The van der Waals surface area contributed by atoms with Gasteiger partial charge in [-0.2, -0.15) is 0 Å². The quantitative estimate of drug-likeness (QED) is 0.918. The fourth-order valence-electron chi connectivity index (χ4n) is 1.87. The number of hydrogen-bond donors (Lipinski definition) is 1. The fraction of sp³-hybridized carbons (Fsp3) is 0.357. The first-order chi connectivity index (χ1) is 9.08. The molecule has 0 amide bonds. The van der Waals surface area contributed by atoms with Crippen molar-refractivity contribution in [2.24, 2.45) is 5.73 Å². The summed E-state index contributed by atoms with van der Waals surface area (Å²) in [5.41, 5.74) is 7.91. The van der Waals surface area contributed by atoms with Crippen LogP contribution in [0.2, 0.25) is 10.0 Å². The van der Waals surface area contributed by atoms with Crippen molar-refractivity contribution in [2.75, 3.05) is 0 Å². The Morgan fingerprint density at radius 3 is 2.89 bits per heavy atom. The molecule has 2 N–H and O–H groups in total. The summed E-state index contributed by atoms with van der Waals surface area (Å²) in [6.45, 7) is 2.74. The first kappa shape index (κ1) is 14.4. The van der Waals surface area contributed by atoms with Gasteiger partial charge in [0.05, 0.1) is 18.6 Å². The van der Waals surface area contributed by atoms with E-state index in [2.05, 4.69) is 11.9 Å². The molecule has 1 unspecified atom stereocenters. The van der Waals surface area contributed by atoms with E-state index in [4.69, 9.17) is 28.9 Å². The molecule has 1 aromatic carbocycles. The number of imidazole rings is 1. The third-order valence-corrected chi connectivity index (χ3v) is 3.65. The zero-order chi connectivity index (χ0) is 13.8. The molecular formula is C14H17Cl2N3. The lowest BCUT2D eigenvalue weighted by Gasteiger charge is -2.06. The molecule has 0 bridgehead atoms. The SMILES string of the molecule is CCC(N)Cc1cn(Cc2cc(Cl)ccc2Cl)cn1. The summed E-state index contributed by atoms with van der Waals surface area (Å²) in [5, 5.41) is 1.40. The normalized spacial score (nSPS) is 12.6. The number of nitrogens with two attached hydrogens (primary N) is 1. The lowest BCUT2D eigenvalue weighted by Crippen LogP contribution is -2.21. The van der Waals surface area contributed by atoms with Gasteiger partial charge >= 0.3 is 0 Å². The summed E-state index contributed by atoms with van der Waals surface area (Å²) in [7, 11) is 0. The minimum Gasteiger partial charge on any atom is -0.333 e. The predicted molar refractivity (Wildman–Crippen MR) is 79.8 cm³/mol. The highest BCUT2D eigenvalue weighted by Gasteiger charge is 2.06. The van der Waals surface area contributed by atoms with Crippen LogP contribution in [0.3, 0.4) is 0 Å². The van der Waals surface area contributed by atoms with Crippen LogP contribution >= 0.6 is 23.2 Å². The zero-order valence-electron chi connectivity index (χ0n) is 10.8. The van der Waals surface area contributed by atoms with Gasteiger partial charge in [0.15, 0.2) is 0 Å². The molecule has 19 heavy (non-hydrogen) atoms. The Kier molecular flexibility index (Phi) is 4.86. The first-order valence-electron chi connectivity index (χ1n) is 6.28.